The van der Waals surface area contributed by atoms with Crippen LogP contribution in [-0.2, 0) is 0 Å². The monoisotopic (exact) mass is 272 g/mol. The van der Waals surface area contributed by atoms with Crippen molar-refractivity contribution in [3.05, 3.63) is 29.3 Å². The third-order valence-corrected chi connectivity index (χ3v) is 5.03. The Morgan fingerprint density at radius 1 is 1.15 bits per heavy atom. The van der Waals surface area contributed by atoms with Crippen molar-refractivity contribution in [3.8, 4) is 0 Å². The summed E-state index contributed by atoms with van der Waals surface area (Å²) in [5.74, 6) is 1.49. The predicted molar refractivity (Wildman–Crippen MR) is 86.8 cm³/mol. The number of likely N-dealkylation sites (N-methyl/N-ethyl adjacent to an activating group) is 1. The third kappa shape index (κ3) is 2.71. The molecule has 2 fully saturated rings. The average molecular weight is 272 g/mol. The van der Waals surface area contributed by atoms with E-state index in [1.165, 1.54) is 25.1 Å². The van der Waals surface area contributed by atoms with Crippen LogP contribution in [0.25, 0.3) is 0 Å². The molecule has 0 spiro atoms. The van der Waals surface area contributed by atoms with Crippen LogP contribution in [0.5, 0.6) is 0 Å². The molecule has 2 heteroatoms. The number of anilines is 1. The highest BCUT2D eigenvalue weighted by atomic mass is 15.3. The first kappa shape index (κ1) is 13.9. The van der Waals surface area contributed by atoms with E-state index in [1.807, 2.05) is 0 Å². The SMILES string of the molecule is CC(C)c1ccc(N2CCN(C)C(C)C2)cc1C1CC1. The molecule has 0 N–H and O–H groups in total. The third-order valence-electron chi connectivity index (χ3n) is 5.03. The number of rotatable bonds is 3. The van der Waals surface area contributed by atoms with Crippen molar-refractivity contribution in [3.63, 3.8) is 0 Å². The molecule has 3 rings (SSSR count). The minimum Gasteiger partial charge on any atom is -0.369 e. The van der Waals surface area contributed by atoms with Crippen LogP contribution >= 0.6 is 0 Å². The first-order valence-electron chi connectivity index (χ1n) is 8.15. The molecule has 1 unspecified atom stereocenters. The molecule has 2 nitrogen and oxygen atoms in total. The van der Waals surface area contributed by atoms with E-state index in [0.717, 1.165) is 19.0 Å². The summed E-state index contributed by atoms with van der Waals surface area (Å²) in [6, 6.07) is 7.87. The van der Waals surface area contributed by atoms with Gasteiger partial charge in [0.2, 0.25) is 0 Å². The maximum Gasteiger partial charge on any atom is 0.0370 e. The van der Waals surface area contributed by atoms with Crippen molar-refractivity contribution in [2.45, 2.75) is 51.5 Å². The minimum absolute atomic E-state index is 0.645. The summed E-state index contributed by atoms with van der Waals surface area (Å²) in [5.41, 5.74) is 4.64. The van der Waals surface area contributed by atoms with Crippen molar-refractivity contribution in [2.24, 2.45) is 0 Å². The summed E-state index contributed by atoms with van der Waals surface area (Å²) in [4.78, 5) is 5.03. The summed E-state index contributed by atoms with van der Waals surface area (Å²) >= 11 is 0. The van der Waals surface area contributed by atoms with Gasteiger partial charge in [-0.1, -0.05) is 19.9 Å². The van der Waals surface area contributed by atoms with Crippen LogP contribution in [0.3, 0.4) is 0 Å². The molecule has 20 heavy (non-hydrogen) atoms. The fourth-order valence-electron chi connectivity index (χ4n) is 3.32. The molecule has 0 aromatic heterocycles. The van der Waals surface area contributed by atoms with Gasteiger partial charge in [0, 0.05) is 31.4 Å². The van der Waals surface area contributed by atoms with Gasteiger partial charge < -0.3 is 9.80 Å². The highest BCUT2D eigenvalue weighted by molar-refractivity contribution is 5.54. The van der Waals surface area contributed by atoms with E-state index < -0.39 is 0 Å². The van der Waals surface area contributed by atoms with E-state index in [2.05, 4.69) is 55.8 Å². The van der Waals surface area contributed by atoms with Gasteiger partial charge in [0.25, 0.3) is 0 Å². The molecular weight excluding hydrogens is 244 g/mol. The molecule has 2 aliphatic rings. The molecule has 1 aliphatic heterocycles. The van der Waals surface area contributed by atoms with Gasteiger partial charge in [0.15, 0.2) is 0 Å². The lowest BCUT2D eigenvalue weighted by Gasteiger charge is -2.39. The molecule has 1 aromatic rings. The standard InChI is InChI=1S/C18H28N2/c1-13(2)17-8-7-16(11-18(17)15-5-6-15)20-10-9-19(4)14(3)12-20/h7-8,11,13-15H,5-6,9-10,12H2,1-4H3. The van der Waals surface area contributed by atoms with Crippen LogP contribution in [0.1, 0.15) is 56.6 Å². The van der Waals surface area contributed by atoms with Gasteiger partial charge in [0.1, 0.15) is 0 Å². The van der Waals surface area contributed by atoms with E-state index in [9.17, 15) is 0 Å². The number of hydrogen-bond acceptors (Lipinski definition) is 2. The maximum absolute atomic E-state index is 2.57. The number of nitrogens with zero attached hydrogens (tertiary/aromatic N) is 2. The second kappa shape index (κ2) is 5.40. The lowest BCUT2D eigenvalue weighted by Crippen LogP contribution is -2.50. The summed E-state index contributed by atoms with van der Waals surface area (Å²) in [7, 11) is 2.24. The molecule has 1 saturated carbocycles. The molecule has 110 valence electrons. The quantitative estimate of drug-likeness (QED) is 0.825. The van der Waals surface area contributed by atoms with E-state index in [0.29, 0.717) is 12.0 Å². The summed E-state index contributed by atoms with van der Waals surface area (Å²) in [5, 5.41) is 0. The van der Waals surface area contributed by atoms with Crippen molar-refractivity contribution in [1.29, 1.82) is 0 Å². The molecule has 1 heterocycles. The fourth-order valence-corrected chi connectivity index (χ4v) is 3.32. The van der Waals surface area contributed by atoms with Crippen molar-refractivity contribution in [1.82, 2.24) is 4.90 Å². The Labute approximate surface area is 123 Å². The summed E-state index contributed by atoms with van der Waals surface area (Å²) in [6.07, 6.45) is 2.78. The van der Waals surface area contributed by atoms with Gasteiger partial charge >= 0.3 is 0 Å². The Kier molecular flexibility index (Phi) is 3.76. The normalized spacial score (nSPS) is 24.4. The van der Waals surface area contributed by atoms with Crippen LogP contribution in [0.2, 0.25) is 0 Å². The van der Waals surface area contributed by atoms with Gasteiger partial charge in [0.05, 0.1) is 0 Å². The molecule has 0 bridgehead atoms. The minimum atomic E-state index is 0.645. The maximum atomic E-state index is 2.57. The Morgan fingerprint density at radius 2 is 1.90 bits per heavy atom. The molecule has 1 saturated heterocycles. The molecule has 1 atom stereocenters. The fraction of sp³-hybridized carbons (Fsp3) is 0.667. The first-order chi connectivity index (χ1) is 9.56. The zero-order valence-corrected chi connectivity index (χ0v) is 13.4. The molecule has 1 aliphatic carbocycles. The topological polar surface area (TPSA) is 6.48 Å². The van der Waals surface area contributed by atoms with Crippen molar-refractivity contribution in [2.75, 3.05) is 31.6 Å². The molecular formula is C18H28N2. The highest BCUT2D eigenvalue weighted by Crippen LogP contribution is 2.44. The van der Waals surface area contributed by atoms with Gasteiger partial charge in [-0.25, -0.2) is 0 Å². The van der Waals surface area contributed by atoms with Crippen LogP contribution < -0.4 is 4.90 Å². The Hall–Kier alpha value is -1.02. The summed E-state index contributed by atoms with van der Waals surface area (Å²) < 4.78 is 0. The van der Waals surface area contributed by atoms with E-state index in [4.69, 9.17) is 0 Å². The summed E-state index contributed by atoms with van der Waals surface area (Å²) in [6.45, 7) is 10.5. The van der Waals surface area contributed by atoms with Crippen molar-refractivity contribution < 1.29 is 0 Å². The number of benzene rings is 1. The number of piperazine rings is 1. The smallest absolute Gasteiger partial charge is 0.0370 e. The number of hydrogen-bond donors (Lipinski definition) is 0. The van der Waals surface area contributed by atoms with Crippen LogP contribution in [0, 0.1) is 0 Å². The van der Waals surface area contributed by atoms with E-state index >= 15 is 0 Å². The van der Waals surface area contributed by atoms with E-state index in [-0.39, 0.29) is 0 Å². The second-order valence-corrected chi connectivity index (χ2v) is 7.02. The Bertz CT molecular complexity index is 476. The van der Waals surface area contributed by atoms with Crippen LogP contribution in [-0.4, -0.2) is 37.6 Å². The molecule has 0 radical (unpaired) electrons. The average Bonchev–Trinajstić information content (AvgIpc) is 3.25. The van der Waals surface area contributed by atoms with Gasteiger partial charge in [-0.15, -0.1) is 0 Å². The van der Waals surface area contributed by atoms with Gasteiger partial charge in [-0.2, -0.15) is 0 Å². The van der Waals surface area contributed by atoms with Crippen LogP contribution in [0.4, 0.5) is 5.69 Å². The van der Waals surface area contributed by atoms with Crippen LogP contribution in [0.15, 0.2) is 18.2 Å². The Morgan fingerprint density at radius 3 is 2.50 bits per heavy atom. The second-order valence-electron chi connectivity index (χ2n) is 7.02. The van der Waals surface area contributed by atoms with Crippen molar-refractivity contribution >= 4 is 5.69 Å². The van der Waals surface area contributed by atoms with Gasteiger partial charge in [-0.3, -0.25) is 0 Å². The largest absolute Gasteiger partial charge is 0.369 e. The van der Waals surface area contributed by atoms with E-state index in [1.54, 1.807) is 11.1 Å². The highest BCUT2D eigenvalue weighted by Gasteiger charge is 2.28. The Balaban J connectivity index is 1.85. The zero-order valence-electron chi connectivity index (χ0n) is 13.4. The molecule has 0 amide bonds. The first-order valence-corrected chi connectivity index (χ1v) is 8.15. The zero-order chi connectivity index (χ0) is 14.3. The lowest BCUT2D eigenvalue weighted by atomic mass is 9.93. The lowest BCUT2D eigenvalue weighted by molar-refractivity contribution is 0.234. The molecule has 1 aromatic carbocycles. The predicted octanol–water partition coefficient (Wildman–Crippen LogP) is 3.83. The van der Waals surface area contributed by atoms with Gasteiger partial charge in [-0.05, 0) is 61.9 Å².